The van der Waals surface area contributed by atoms with Gasteiger partial charge in [0.15, 0.2) is 0 Å². The lowest BCUT2D eigenvalue weighted by Crippen LogP contribution is -2.26. The number of aromatic nitrogens is 2. The van der Waals surface area contributed by atoms with Crippen LogP contribution in [0.3, 0.4) is 0 Å². The van der Waals surface area contributed by atoms with E-state index in [0.29, 0.717) is 11.5 Å². The Labute approximate surface area is 139 Å². The summed E-state index contributed by atoms with van der Waals surface area (Å²) in [5, 5.41) is 3.27. The molecule has 0 aliphatic carbocycles. The Kier molecular flexibility index (Phi) is 7.26. The second kappa shape index (κ2) is 9.45. The van der Waals surface area contributed by atoms with E-state index >= 15 is 0 Å². The van der Waals surface area contributed by atoms with Gasteiger partial charge < -0.3 is 15.1 Å². The van der Waals surface area contributed by atoms with Gasteiger partial charge in [0.05, 0.1) is 12.4 Å². The van der Waals surface area contributed by atoms with E-state index in [-0.39, 0.29) is 5.91 Å². The van der Waals surface area contributed by atoms with Crippen molar-refractivity contribution in [3.05, 3.63) is 18.1 Å². The second-order valence-electron chi connectivity index (χ2n) is 6.38. The Bertz CT molecular complexity index is 484. The maximum Gasteiger partial charge on any atom is 0.273 e. The Hall–Kier alpha value is -1.69. The van der Waals surface area contributed by atoms with Gasteiger partial charge in [-0.2, -0.15) is 0 Å². The van der Waals surface area contributed by atoms with Gasteiger partial charge in [-0.05, 0) is 45.3 Å². The van der Waals surface area contributed by atoms with Crippen molar-refractivity contribution < 1.29 is 4.79 Å². The van der Waals surface area contributed by atoms with Crippen molar-refractivity contribution in [2.75, 3.05) is 45.6 Å². The van der Waals surface area contributed by atoms with Gasteiger partial charge in [0, 0.05) is 20.6 Å². The Balaban J connectivity index is 1.67. The lowest BCUT2D eigenvalue weighted by molar-refractivity contribution is 0.0821. The van der Waals surface area contributed by atoms with Crippen LogP contribution in [0, 0.1) is 0 Å². The zero-order valence-corrected chi connectivity index (χ0v) is 14.4. The van der Waals surface area contributed by atoms with Crippen molar-refractivity contribution >= 4 is 11.7 Å². The Morgan fingerprint density at radius 1 is 1.17 bits per heavy atom. The van der Waals surface area contributed by atoms with E-state index in [9.17, 15) is 4.79 Å². The molecule has 128 valence electrons. The molecule has 6 nitrogen and oxygen atoms in total. The first-order chi connectivity index (χ1) is 11.2. The third kappa shape index (κ3) is 6.14. The highest BCUT2D eigenvalue weighted by Gasteiger charge is 2.11. The summed E-state index contributed by atoms with van der Waals surface area (Å²) in [6.07, 6.45) is 10.9. The molecule has 0 bridgehead atoms. The number of hydrogen-bond acceptors (Lipinski definition) is 5. The molecule has 23 heavy (non-hydrogen) atoms. The maximum absolute atomic E-state index is 11.9. The maximum atomic E-state index is 11.9. The summed E-state index contributed by atoms with van der Waals surface area (Å²) in [6, 6.07) is 0. The summed E-state index contributed by atoms with van der Waals surface area (Å²) < 4.78 is 0. The predicted octanol–water partition coefficient (Wildman–Crippen LogP) is 2.25. The smallest absolute Gasteiger partial charge is 0.273 e. The first-order valence-corrected chi connectivity index (χ1v) is 8.67. The lowest BCUT2D eigenvalue weighted by atomic mass is 10.2. The second-order valence-corrected chi connectivity index (χ2v) is 6.38. The Morgan fingerprint density at radius 2 is 1.91 bits per heavy atom. The number of likely N-dealkylation sites (tertiary alicyclic amines) is 1. The van der Waals surface area contributed by atoms with Crippen molar-refractivity contribution in [1.29, 1.82) is 0 Å². The van der Waals surface area contributed by atoms with Gasteiger partial charge in [0.25, 0.3) is 5.91 Å². The number of nitrogens with zero attached hydrogens (tertiary/aromatic N) is 4. The van der Waals surface area contributed by atoms with Gasteiger partial charge >= 0.3 is 0 Å². The van der Waals surface area contributed by atoms with Crippen molar-refractivity contribution in [3.8, 4) is 0 Å². The zero-order valence-electron chi connectivity index (χ0n) is 14.4. The van der Waals surface area contributed by atoms with Crippen LogP contribution in [0.2, 0.25) is 0 Å². The predicted molar refractivity (Wildman–Crippen MR) is 92.7 cm³/mol. The normalized spacial score (nSPS) is 15.9. The highest BCUT2D eigenvalue weighted by molar-refractivity contribution is 5.91. The molecule has 1 fully saturated rings. The summed E-state index contributed by atoms with van der Waals surface area (Å²) in [7, 11) is 3.43. The molecule has 1 aliphatic heterocycles. The van der Waals surface area contributed by atoms with Crippen LogP contribution in [0.15, 0.2) is 12.4 Å². The molecule has 0 unspecified atom stereocenters. The van der Waals surface area contributed by atoms with Gasteiger partial charge in [-0.3, -0.25) is 9.78 Å². The van der Waals surface area contributed by atoms with Crippen LogP contribution in [-0.4, -0.2) is 65.9 Å². The molecule has 2 heterocycles. The minimum Gasteiger partial charge on any atom is -0.369 e. The van der Waals surface area contributed by atoms with Crippen LogP contribution in [0.1, 0.15) is 49.0 Å². The molecule has 1 aliphatic rings. The molecule has 0 saturated carbocycles. The lowest BCUT2D eigenvalue weighted by Gasteiger charge is -2.19. The minimum absolute atomic E-state index is 0.123. The summed E-state index contributed by atoms with van der Waals surface area (Å²) in [5.74, 6) is 0.551. The topological polar surface area (TPSA) is 61.4 Å². The molecule has 1 aromatic heterocycles. The molecule has 1 amide bonds. The summed E-state index contributed by atoms with van der Waals surface area (Å²) in [6.45, 7) is 4.57. The first-order valence-electron chi connectivity index (χ1n) is 8.67. The van der Waals surface area contributed by atoms with Crippen molar-refractivity contribution in [3.63, 3.8) is 0 Å². The fraction of sp³-hybridized carbons (Fsp3) is 0.706. The van der Waals surface area contributed by atoms with Crippen molar-refractivity contribution in [2.45, 2.75) is 38.5 Å². The van der Waals surface area contributed by atoms with Crippen LogP contribution in [-0.2, 0) is 0 Å². The molecule has 1 aromatic rings. The van der Waals surface area contributed by atoms with Gasteiger partial charge in [0.2, 0.25) is 0 Å². The Morgan fingerprint density at radius 3 is 2.61 bits per heavy atom. The largest absolute Gasteiger partial charge is 0.369 e. The van der Waals surface area contributed by atoms with Crippen LogP contribution in [0.5, 0.6) is 0 Å². The first kappa shape index (κ1) is 17.7. The SMILES string of the molecule is CN(C)C(=O)c1cncc(NCCCCN2CCCCCC2)n1. The van der Waals surface area contributed by atoms with E-state index in [1.165, 1.54) is 62.8 Å². The van der Waals surface area contributed by atoms with Gasteiger partial charge in [-0.1, -0.05) is 12.8 Å². The molecule has 0 aromatic carbocycles. The molecule has 1 N–H and O–H groups in total. The van der Waals surface area contributed by atoms with Crippen LogP contribution in [0.4, 0.5) is 5.82 Å². The van der Waals surface area contributed by atoms with Crippen LogP contribution < -0.4 is 5.32 Å². The zero-order chi connectivity index (χ0) is 16.5. The minimum atomic E-state index is -0.123. The summed E-state index contributed by atoms with van der Waals surface area (Å²) >= 11 is 0. The summed E-state index contributed by atoms with van der Waals surface area (Å²) in [5.41, 5.74) is 0.379. The average molecular weight is 319 g/mol. The van der Waals surface area contributed by atoms with E-state index < -0.39 is 0 Å². The van der Waals surface area contributed by atoms with Crippen molar-refractivity contribution in [1.82, 2.24) is 19.8 Å². The number of amides is 1. The number of hydrogen-bond donors (Lipinski definition) is 1. The summed E-state index contributed by atoms with van der Waals surface area (Å²) in [4.78, 5) is 24.4. The van der Waals surface area contributed by atoms with Crippen LogP contribution in [0.25, 0.3) is 0 Å². The van der Waals surface area contributed by atoms with Gasteiger partial charge in [0.1, 0.15) is 11.5 Å². The van der Waals surface area contributed by atoms with E-state index in [4.69, 9.17) is 0 Å². The molecule has 1 saturated heterocycles. The van der Waals surface area contributed by atoms with Crippen LogP contribution >= 0.6 is 0 Å². The molecule has 6 heteroatoms. The fourth-order valence-corrected chi connectivity index (χ4v) is 2.82. The number of rotatable bonds is 7. The molecule has 0 atom stereocenters. The fourth-order valence-electron chi connectivity index (χ4n) is 2.82. The molecular formula is C17H29N5O. The van der Waals surface area contributed by atoms with E-state index in [0.717, 1.165) is 13.0 Å². The third-order valence-corrected chi connectivity index (χ3v) is 4.17. The third-order valence-electron chi connectivity index (χ3n) is 4.17. The van der Waals surface area contributed by atoms with Crippen molar-refractivity contribution in [2.24, 2.45) is 0 Å². The highest BCUT2D eigenvalue weighted by atomic mass is 16.2. The monoisotopic (exact) mass is 319 g/mol. The number of nitrogens with one attached hydrogen (secondary N) is 1. The highest BCUT2D eigenvalue weighted by Crippen LogP contribution is 2.10. The van der Waals surface area contributed by atoms with E-state index in [1.807, 2.05) is 0 Å². The number of unbranched alkanes of at least 4 members (excludes halogenated alkanes) is 1. The molecule has 0 spiro atoms. The van der Waals surface area contributed by atoms with Gasteiger partial charge in [-0.25, -0.2) is 4.98 Å². The number of carbonyl (C=O) groups excluding carboxylic acids is 1. The number of anilines is 1. The molecular weight excluding hydrogens is 290 g/mol. The number of carbonyl (C=O) groups is 1. The standard InChI is InChI=1S/C17H29N5O/c1-21(2)17(23)15-13-18-14-16(20-15)19-9-5-8-12-22-10-6-3-4-7-11-22/h13-14H,3-12H2,1-2H3,(H,19,20). The molecule has 0 radical (unpaired) electrons. The molecule has 2 rings (SSSR count). The quantitative estimate of drug-likeness (QED) is 0.781. The van der Waals surface area contributed by atoms with E-state index in [1.54, 1.807) is 20.3 Å². The average Bonchev–Trinajstić information content (AvgIpc) is 2.83. The van der Waals surface area contributed by atoms with E-state index in [2.05, 4.69) is 20.2 Å². The van der Waals surface area contributed by atoms with Gasteiger partial charge in [-0.15, -0.1) is 0 Å².